The third-order valence-corrected chi connectivity index (χ3v) is 3.91. The molecule has 0 saturated carbocycles. The normalized spacial score (nSPS) is 22.4. The lowest BCUT2D eigenvalue weighted by Crippen LogP contribution is -2.34. The molecule has 2 atom stereocenters. The molecule has 98 valence electrons. The van der Waals surface area contributed by atoms with Crippen LogP contribution in [-0.4, -0.2) is 28.2 Å². The molecule has 1 heterocycles. The number of halogens is 2. The van der Waals surface area contributed by atoms with Gasteiger partial charge in [0, 0.05) is 25.6 Å². The summed E-state index contributed by atoms with van der Waals surface area (Å²) in [6, 6.07) is 1.49. The van der Waals surface area contributed by atoms with E-state index in [1.807, 2.05) is 12.2 Å². The van der Waals surface area contributed by atoms with Gasteiger partial charge >= 0.3 is 0 Å². The van der Waals surface area contributed by atoms with Crippen LogP contribution in [0.25, 0.3) is 0 Å². The number of carbonyl (C=O) groups excluding carboxylic acids is 1. The molecule has 2 N–H and O–H groups in total. The number of amides is 1. The molecule has 0 bridgehead atoms. The van der Waals surface area contributed by atoms with Crippen molar-refractivity contribution in [3.63, 3.8) is 0 Å². The third kappa shape index (κ3) is 2.55. The SMILES string of the molecule is Cn1c(C(=O)N[C@@H]2C=C[C@H](CO)C2)cc(Cl)c1Cl. The molecule has 2 rings (SSSR count). The topological polar surface area (TPSA) is 54.3 Å². The highest BCUT2D eigenvalue weighted by molar-refractivity contribution is 6.41. The molecule has 1 aromatic heterocycles. The number of nitrogens with zero attached hydrogens (tertiary/aromatic N) is 1. The predicted octanol–water partition coefficient (Wildman–Crippen LogP) is 2.00. The highest BCUT2D eigenvalue weighted by Gasteiger charge is 2.22. The van der Waals surface area contributed by atoms with Crippen molar-refractivity contribution in [2.75, 3.05) is 6.61 Å². The van der Waals surface area contributed by atoms with Gasteiger partial charge in [0.2, 0.25) is 0 Å². The molecule has 0 unspecified atom stereocenters. The van der Waals surface area contributed by atoms with Crippen LogP contribution in [0.15, 0.2) is 18.2 Å². The van der Waals surface area contributed by atoms with Crippen LogP contribution in [0.5, 0.6) is 0 Å². The van der Waals surface area contributed by atoms with E-state index in [0.717, 1.165) is 0 Å². The lowest BCUT2D eigenvalue weighted by molar-refractivity contribution is 0.0933. The molecular formula is C12H14Cl2N2O2. The van der Waals surface area contributed by atoms with Crippen molar-refractivity contribution in [3.8, 4) is 0 Å². The smallest absolute Gasteiger partial charge is 0.268 e. The molecular weight excluding hydrogens is 275 g/mol. The average Bonchev–Trinajstić information content (AvgIpc) is 2.89. The second-order valence-electron chi connectivity index (χ2n) is 4.37. The summed E-state index contributed by atoms with van der Waals surface area (Å²) in [5, 5.41) is 12.6. The van der Waals surface area contributed by atoms with Gasteiger partial charge in [-0.05, 0) is 12.5 Å². The minimum absolute atomic E-state index is 0.0536. The Morgan fingerprint density at radius 1 is 1.56 bits per heavy atom. The van der Waals surface area contributed by atoms with Crippen LogP contribution in [0.4, 0.5) is 0 Å². The zero-order valence-corrected chi connectivity index (χ0v) is 11.4. The van der Waals surface area contributed by atoms with Gasteiger partial charge in [-0.25, -0.2) is 0 Å². The van der Waals surface area contributed by atoms with E-state index in [2.05, 4.69) is 5.32 Å². The van der Waals surface area contributed by atoms with Gasteiger partial charge in [0.05, 0.1) is 5.02 Å². The number of aromatic nitrogens is 1. The van der Waals surface area contributed by atoms with Gasteiger partial charge in [0.15, 0.2) is 0 Å². The molecule has 0 saturated heterocycles. The molecule has 1 aliphatic rings. The first-order chi connectivity index (χ1) is 8.52. The molecule has 1 aromatic rings. The van der Waals surface area contributed by atoms with Gasteiger partial charge in [-0.3, -0.25) is 4.79 Å². The van der Waals surface area contributed by atoms with Crippen LogP contribution in [0.3, 0.4) is 0 Å². The number of nitrogens with one attached hydrogen (secondary N) is 1. The number of carbonyl (C=O) groups is 1. The summed E-state index contributed by atoms with van der Waals surface area (Å²) >= 11 is 11.8. The Kier molecular flexibility index (Phi) is 4.00. The average molecular weight is 289 g/mol. The highest BCUT2D eigenvalue weighted by Crippen LogP contribution is 2.25. The van der Waals surface area contributed by atoms with Crippen LogP contribution in [0, 0.1) is 5.92 Å². The van der Waals surface area contributed by atoms with Crippen molar-refractivity contribution < 1.29 is 9.90 Å². The minimum Gasteiger partial charge on any atom is -0.396 e. The summed E-state index contributed by atoms with van der Waals surface area (Å²) in [5.41, 5.74) is 0.422. The summed E-state index contributed by atoms with van der Waals surface area (Å²) in [7, 11) is 1.68. The van der Waals surface area contributed by atoms with Crippen molar-refractivity contribution in [3.05, 3.63) is 34.1 Å². The molecule has 0 spiro atoms. The summed E-state index contributed by atoms with van der Waals surface area (Å²) in [4.78, 5) is 12.0. The van der Waals surface area contributed by atoms with E-state index < -0.39 is 0 Å². The molecule has 1 aliphatic carbocycles. The second-order valence-corrected chi connectivity index (χ2v) is 5.14. The number of aliphatic hydroxyl groups excluding tert-OH is 1. The first-order valence-corrected chi connectivity index (χ1v) is 6.39. The Bertz CT molecular complexity index is 497. The largest absolute Gasteiger partial charge is 0.396 e. The fourth-order valence-corrected chi connectivity index (χ4v) is 2.40. The van der Waals surface area contributed by atoms with E-state index in [-0.39, 0.29) is 24.5 Å². The fourth-order valence-electron chi connectivity index (χ4n) is 2.02. The van der Waals surface area contributed by atoms with Gasteiger partial charge in [0.25, 0.3) is 5.91 Å². The van der Waals surface area contributed by atoms with Crippen LogP contribution in [0.1, 0.15) is 16.9 Å². The molecule has 0 aromatic carbocycles. The summed E-state index contributed by atoms with van der Waals surface area (Å²) in [5.74, 6) is -0.101. The monoisotopic (exact) mass is 288 g/mol. The first-order valence-electron chi connectivity index (χ1n) is 5.63. The zero-order valence-electron chi connectivity index (χ0n) is 9.86. The maximum atomic E-state index is 12.0. The van der Waals surface area contributed by atoms with E-state index in [9.17, 15) is 4.79 Å². The van der Waals surface area contributed by atoms with Crippen molar-refractivity contribution in [2.24, 2.45) is 13.0 Å². The molecule has 18 heavy (non-hydrogen) atoms. The Labute approximate surface area is 115 Å². The van der Waals surface area contributed by atoms with Crippen LogP contribution in [0.2, 0.25) is 10.2 Å². The maximum absolute atomic E-state index is 12.0. The quantitative estimate of drug-likeness (QED) is 0.836. The Morgan fingerprint density at radius 3 is 2.78 bits per heavy atom. The number of hydrogen-bond acceptors (Lipinski definition) is 2. The minimum atomic E-state index is -0.223. The van der Waals surface area contributed by atoms with Crippen LogP contribution >= 0.6 is 23.2 Å². The standard InChI is InChI=1S/C12H14Cl2N2O2/c1-16-10(5-9(13)11(16)14)12(18)15-8-3-2-7(4-8)6-17/h2-3,5,7-8,17H,4,6H2,1H3,(H,15,18)/t7-,8+/m0/s1. The number of aliphatic hydroxyl groups is 1. The maximum Gasteiger partial charge on any atom is 0.268 e. The Balaban J connectivity index is 2.05. The molecule has 6 heteroatoms. The van der Waals surface area contributed by atoms with E-state index in [0.29, 0.717) is 22.3 Å². The van der Waals surface area contributed by atoms with Gasteiger partial charge in [0.1, 0.15) is 10.8 Å². The van der Waals surface area contributed by atoms with Gasteiger partial charge in [-0.15, -0.1) is 0 Å². The molecule has 0 radical (unpaired) electrons. The van der Waals surface area contributed by atoms with Crippen molar-refractivity contribution in [1.82, 2.24) is 9.88 Å². The number of rotatable bonds is 3. The highest BCUT2D eigenvalue weighted by atomic mass is 35.5. The lowest BCUT2D eigenvalue weighted by atomic mass is 10.1. The van der Waals surface area contributed by atoms with E-state index in [1.165, 1.54) is 0 Å². The first kappa shape index (κ1) is 13.5. The zero-order chi connectivity index (χ0) is 13.3. The summed E-state index contributed by atoms with van der Waals surface area (Å²) < 4.78 is 1.54. The molecule has 0 aliphatic heterocycles. The van der Waals surface area contributed by atoms with Crippen molar-refractivity contribution in [2.45, 2.75) is 12.5 Å². The molecule has 1 amide bonds. The fraction of sp³-hybridized carbons (Fsp3) is 0.417. The summed E-state index contributed by atoms with van der Waals surface area (Å²) in [6.45, 7) is 0.102. The Morgan fingerprint density at radius 2 is 2.28 bits per heavy atom. The van der Waals surface area contributed by atoms with Crippen molar-refractivity contribution in [1.29, 1.82) is 0 Å². The van der Waals surface area contributed by atoms with Crippen molar-refractivity contribution >= 4 is 29.1 Å². The second kappa shape index (κ2) is 5.34. The summed E-state index contributed by atoms with van der Waals surface area (Å²) in [6.07, 6.45) is 4.52. The molecule has 0 fully saturated rings. The van der Waals surface area contributed by atoms with Gasteiger partial charge in [-0.1, -0.05) is 35.4 Å². The van der Waals surface area contributed by atoms with Crippen LogP contribution < -0.4 is 5.32 Å². The van der Waals surface area contributed by atoms with Gasteiger partial charge in [-0.2, -0.15) is 0 Å². The van der Waals surface area contributed by atoms with E-state index in [4.69, 9.17) is 28.3 Å². The lowest BCUT2D eigenvalue weighted by Gasteiger charge is -2.13. The number of hydrogen-bond donors (Lipinski definition) is 2. The predicted molar refractivity (Wildman–Crippen MR) is 71.0 cm³/mol. The van der Waals surface area contributed by atoms with Gasteiger partial charge < -0.3 is 15.0 Å². The van der Waals surface area contributed by atoms with E-state index in [1.54, 1.807) is 17.7 Å². The Hall–Kier alpha value is -0.970. The van der Waals surface area contributed by atoms with E-state index >= 15 is 0 Å². The third-order valence-electron chi connectivity index (χ3n) is 3.07. The van der Waals surface area contributed by atoms with Crippen LogP contribution in [-0.2, 0) is 7.05 Å². The molecule has 4 nitrogen and oxygen atoms in total.